The first-order chi connectivity index (χ1) is 17.5. The lowest BCUT2D eigenvalue weighted by molar-refractivity contribution is -0.139. The molecule has 0 unspecified atom stereocenters. The molecule has 0 spiro atoms. The van der Waals surface area contributed by atoms with Gasteiger partial charge in [0.05, 0.1) is 12.7 Å². The number of amides is 1. The molecule has 1 amide bonds. The van der Waals surface area contributed by atoms with Crippen molar-refractivity contribution < 1.29 is 33.8 Å². The Balaban J connectivity index is 1.73. The number of carboxylic acids is 1. The average molecular weight is 725 g/mol. The molecule has 0 saturated carbocycles. The Hall–Kier alpha value is -3.13. The lowest BCUT2D eigenvalue weighted by Crippen LogP contribution is -2.12. The lowest BCUT2D eigenvalue weighted by atomic mass is 9.96. The fourth-order valence-corrected chi connectivity index (χ4v) is 5.84. The van der Waals surface area contributed by atoms with E-state index in [0.717, 1.165) is 0 Å². The van der Waals surface area contributed by atoms with Crippen LogP contribution >= 0.6 is 45.2 Å². The van der Waals surface area contributed by atoms with Crippen LogP contribution in [0.2, 0.25) is 0 Å². The monoisotopic (exact) mass is 725 g/mol. The van der Waals surface area contributed by atoms with Crippen LogP contribution in [0, 0.1) is 7.14 Å². The first-order valence-electron chi connectivity index (χ1n) is 11.1. The van der Waals surface area contributed by atoms with Crippen molar-refractivity contribution >= 4 is 79.5 Å². The molecule has 0 radical (unpaired) electrons. The second-order valence-corrected chi connectivity index (χ2v) is 10.8. The van der Waals surface area contributed by atoms with E-state index in [4.69, 9.17) is 14.3 Å². The van der Waals surface area contributed by atoms with Gasteiger partial charge in [-0.3, -0.25) is 9.59 Å². The zero-order valence-corrected chi connectivity index (χ0v) is 24.0. The first kappa shape index (κ1) is 26.9. The molecule has 0 saturated heterocycles. The van der Waals surface area contributed by atoms with E-state index < -0.39 is 12.6 Å². The zero-order valence-electron chi connectivity index (χ0n) is 19.7. The summed E-state index contributed by atoms with van der Waals surface area (Å²) in [6.45, 7) is 3.37. The average Bonchev–Trinajstić information content (AvgIpc) is 3.22. The number of carbonyl (C=O) groups excluding carboxylic acids is 2. The fraction of sp³-hybridized carbons (Fsp3) is 0.148. The smallest absolute Gasteiger partial charge is 0.341 e. The molecular weight excluding hydrogens is 704 g/mol. The summed E-state index contributed by atoms with van der Waals surface area (Å²) >= 11 is 4.03. The number of anilines is 1. The third-order valence-electron chi connectivity index (χ3n) is 5.45. The Morgan fingerprint density at radius 1 is 0.973 bits per heavy atom. The minimum Gasteiger partial charge on any atom is -0.508 e. The van der Waals surface area contributed by atoms with Gasteiger partial charge in [-0.15, -0.1) is 0 Å². The molecule has 4 rings (SSSR count). The quantitative estimate of drug-likeness (QED) is 0.142. The fourth-order valence-electron chi connectivity index (χ4n) is 3.76. The minimum absolute atomic E-state index is 0.0616. The van der Waals surface area contributed by atoms with E-state index in [2.05, 4.69) is 5.32 Å². The molecule has 1 aromatic heterocycles. The van der Waals surface area contributed by atoms with Gasteiger partial charge in [0.25, 0.3) is 5.91 Å². The van der Waals surface area contributed by atoms with Crippen LogP contribution < -0.4 is 10.1 Å². The van der Waals surface area contributed by atoms with Crippen molar-refractivity contribution in [1.82, 2.24) is 0 Å². The SMILES string of the molecule is CC(C)c1oc2ccc(NC(=O)c3ccc(O)cc3)cc2c1C(=O)c1cc(I)c(OCC(=O)O)c(I)c1. The van der Waals surface area contributed by atoms with Gasteiger partial charge in [0.2, 0.25) is 0 Å². The Morgan fingerprint density at radius 3 is 2.22 bits per heavy atom. The molecule has 0 aliphatic heterocycles. The molecule has 3 N–H and O–H groups in total. The number of ether oxygens (including phenoxy) is 1. The number of hydrogen-bond donors (Lipinski definition) is 3. The summed E-state index contributed by atoms with van der Waals surface area (Å²) in [4.78, 5) is 37.4. The van der Waals surface area contributed by atoms with Gasteiger partial charge >= 0.3 is 5.97 Å². The Morgan fingerprint density at radius 2 is 1.62 bits per heavy atom. The van der Waals surface area contributed by atoms with Crippen LogP contribution in [-0.4, -0.2) is 34.5 Å². The first-order valence-corrected chi connectivity index (χ1v) is 13.3. The number of rotatable bonds is 8. The number of carbonyl (C=O) groups is 3. The van der Waals surface area contributed by atoms with E-state index >= 15 is 0 Å². The van der Waals surface area contributed by atoms with Crippen molar-refractivity contribution in [3.05, 3.63) is 84.2 Å². The Kier molecular flexibility index (Phi) is 8.07. The van der Waals surface area contributed by atoms with Crippen molar-refractivity contribution in [3.8, 4) is 11.5 Å². The number of benzene rings is 3. The predicted octanol–water partition coefficient (Wildman–Crippen LogP) is 6.42. The molecule has 0 atom stereocenters. The maximum Gasteiger partial charge on any atom is 0.341 e. The van der Waals surface area contributed by atoms with Crippen LogP contribution in [0.25, 0.3) is 11.0 Å². The highest BCUT2D eigenvalue weighted by molar-refractivity contribution is 14.1. The van der Waals surface area contributed by atoms with E-state index in [1.807, 2.05) is 59.0 Å². The molecule has 0 aliphatic rings. The van der Waals surface area contributed by atoms with E-state index in [1.165, 1.54) is 24.3 Å². The van der Waals surface area contributed by atoms with Gasteiger partial charge in [-0.1, -0.05) is 13.8 Å². The van der Waals surface area contributed by atoms with Crippen LogP contribution in [0.1, 0.15) is 51.8 Å². The molecule has 0 bridgehead atoms. The van der Waals surface area contributed by atoms with Gasteiger partial charge in [-0.05, 0) is 99.8 Å². The van der Waals surface area contributed by atoms with Crippen molar-refractivity contribution in [2.24, 2.45) is 0 Å². The number of carboxylic acid groups (broad SMARTS) is 1. The maximum atomic E-state index is 13.8. The summed E-state index contributed by atoms with van der Waals surface area (Å²) in [5.74, 6) is -0.805. The molecule has 0 aliphatic carbocycles. The van der Waals surface area contributed by atoms with Gasteiger partial charge in [-0.25, -0.2) is 4.79 Å². The summed E-state index contributed by atoms with van der Waals surface area (Å²) in [6, 6.07) is 14.3. The van der Waals surface area contributed by atoms with Crippen LogP contribution in [0.3, 0.4) is 0 Å². The van der Waals surface area contributed by atoms with Gasteiger partial charge in [0.1, 0.15) is 22.8 Å². The summed E-state index contributed by atoms with van der Waals surface area (Å²) in [6.07, 6.45) is 0. The highest BCUT2D eigenvalue weighted by atomic mass is 127. The normalized spacial score (nSPS) is 11.1. The van der Waals surface area contributed by atoms with Crippen LogP contribution in [0.5, 0.6) is 11.5 Å². The zero-order chi connectivity index (χ0) is 26.9. The minimum atomic E-state index is -1.09. The molecular formula is C27H21I2NO7. The molecule has 3 aromatic carbocycles. The number of halogens is 2. The largest absolute Gasteiger partial charge is 0.508 e. The van der Waals surface area contributed by atoms with Crippen molar-refractivity contribution in [1.29, 1.82) is 0 Å². The van der Waals surface area contributed by atoms with Crippen molar-refractivity contribution in [2.75, 3.05) is 11.9 Å². The second kappa shape index (κ2) is 11.1. The Labute approximate surface area is 239 Å². The molecule has 0 fully saturated rings. The molecule has 1 heterocycles. The molecule has 4 aromatic rings. The second-order valence-electron chi connectivity index (χ2n) is 8.49. The predicted molar refractivity (Wildman–Crippen MR) is 155 cm³/mol. The topological polar surface area (TPSA) is 126 Å². The number of aromatic hydroxyl groups is 1. The van der Waals surface area contributed by atoms with E-state index in [-0.39, 0.29) is 23.4 Å². The number of hydrogen-bond acceptors (Lipinski definition) is 6. The number of fused-ring (bicyclic) bond motifs is 1. The van der Waals surface area contributed by atoms with Crippen molar-refractivity contribution in [2.45, 2.75) is 19.8 Å². The number of phenolic OH excluding ortho intramolecular Hbond substituents is 1. The number of nitrogens with one attached hydrogen (secondary N) is 1. The molecule has 10 heteroatoms. The maximum absolute atomic E-state index is 13.8. The summed E-state index contributed by atoms with van der Waals surface area (Å²) in [5, 5.41) is 21.8. The number of phenols is 1. The summed E-state index contributed by atoms with van der Waals surface area (Å²) in [7, 11) is 0. The number of furan rings is 1. The summed E-state index contributed by atoms with van der Waals surface area (Å²) < 4.78 is 12.7. The third kappa shape index (κ3) is 5.90. The molecule has 8 nitrogen and oxygen atoms in total. The molecule has 37 heavy (non-hydrogen) atoms. The van der Waals surface area contributed by atoms with Gasteiger partial charge in [0.15, 0.2) is 12.4 Å². The van der Waals surface area contributed by atoms with Crippen LogP contribution in [0.15, 0.2) is 59.0 Å². The van der Waals surface area contributed by atoms with Crippen molar-refractivity contribution in [3.63, 3.8) is 0 Å². The van der Waals surface area contributed by atoms with Gasteiger partial charge < -0.3 is 24.7 Å². The van der Waals surface area contributed by atoms with Gasteiger partial charge in [-0.2, -0.15) is 0 Å². The highest BCUT2D eigenvalue weighted by Gasteiger charge is 2.26. The highest BCUT2D eigenvalue weighted by Crippen LogP contribution is 2.36. The Bertz CT molecular complexity index is 1500. The van der Waals surface area contributed by atoms with Crippen LogP contribution in [-0.2, 0) is 4.79 Å². The number of ketones is 1. The van der Waals surface area contributed by atoms with Crippen LogP contribution in [0.4, 0.5) is 5.69 Å². The molecule has 190 valence electrons. The van der Waals surface area contributed by atoms with E-state index in [9.17, 15) is 19.5 Å². The summed E-state index contributed by atoms with van der Waals surface area (Å²) in [5.41, 5.74) is 2.17. The lowest BCUT2D eigenvalue weighted by Gasteiger charge is -2.11. The number of aliphatic carboxylic acids is 1. The van der Waals surface area contributed by atoms with Gasteiger partial charge in [0, 0.05) is 28.1 Å². The van der Waals surface area contributed by atoms with E-state index in [1.54, 1.807) is 30.3 Å². The van der Waals surface area contributed by atoms with E-state index in [0.29, 0.717) is 52.0 Å². The standard InChI is InChI=1S/C27H21I2NO7/c1-13(2)25-23(24(34)15-9-19(28)26(20(29)10-15)36-12-22(32)33)18-11-16(5-8-21(18)37-25)30-27(35)14-3-6-17(31)7-4-14/h3-11,13,31H,12H2,1-2H3,(H,30,35)(H,32,33). The third-order valence-corrected chi connectivity index (χ3v) is 7.06.